The molecule has 4 rings (SSSR count). The minimum absolute atomic E-state index is 0.473. The van der Waals surface area contributed by atoms with Gasteiger partial charge in [0.1, 0.15) is 0 Å². The second-order valence-corrected chi connectivity index (χ2v) is 6.62. The van der Waals surface area contributed by atoms with Crippen LogP contribution in [0.25, 0.3) is 0 Å². The molecule has 1 fully saturated rings. The van der Waals surface area contributed by atoms with E-state index in [1.165, 1.54) is 16.1 Å². The van der Waals surface area contributed by atoms with Crippen LogP contribution in [0.1, 0.15) is 28.6 Å². The van der Waals surface area contributed by atoms with E-state index in [1.54, 1.807) is 11.3 Å². The summed E-state index contributed by atoms with van der Waals surface area (Å²) in [6, 6.07) is 0.473. The summed E-state index contributed by atoms with van der Waals surface area (Å²) in [6.45, 7) is 5.71. The summed E-state index contributed by atoms with van der Waals surface area (Å²) in [5.74, 6) is 0. The molecule has 0 amide bonds. The van der Waals surface area contributed by atoms with E-state index < -0.39 is 0 Å². The minimum atomic E-state index is 0.473. The number of fused-ring (bicyclic) bond motifs is 1. The topological polar surface area (TPSA) is 43.2 Å². The van der Waals surface area contributed by atoms with Gasteiger partial charge >= 0.3 is 0 Å². The SMILES string of the molecule is Cc1cnn(C2CCN(c3nc4c(s3)COCC4)C2)c1. The summed E-state index contributed by atoms with van der Waals surface area (Å²) in [4.78, 5) is 8.50. The summed E-state index contributed by atoms with van der Waals surface area (Å²) in [5.41, 5.74) is 2.47. The maximum absolute atomic E-state index is 5.50. The van der Waals surface area contributed by atoms with Gasteiger partial charge in [-0.15, -0.1) is 0 Å². The molecular formula is C14H18N4OS. The van der Waals surface area contributed by atoms with Crippen LogP contribution in [-0.2, 0) is 17.8 Å². The van der Waals surface area contributed by atoms with Crippen LogP contribution in [0.15, 0.2) is 12.4 Å². The van der Waals surface area contributed by atoms with Gasteiger partial charge in [-0.25, -0.2) is 4.98 Å². The molecule has 0 spiro atoms. The van der Waals surface area contributed by atoms with Gasteiger partial charge in [0.25, 0.3) is 0 Å². The Bertz CT molecular complexity index is 597. The van der Waals surface area contributed by atoms with Crippen LogP contribution < -0.4 is 4.90 Å². The van der Waals surface area contributed by atoms with Gasteiger partial charge in [-0.05, 0) is 18.9 Å². The molecule has 0 N–H and O–H groups in total. The predicted molar refractivity (Wildman–Crippen MR) is 78.3 cm³/mol. The number of aromatic nitrogens is 3. The molecule has 1 saturated heterocycles. The third-order valence-corrected chi connectivity index (χ3v) is 5.15. The lowest BCUT2D eigenvalue weighted by Gasteiger charge is -2.15. The van der Waals surface area contributed by atoms with Crippen LogP contribution in [0.5, 0.6) is 0 Å². The first-order valence-corrected chi connectivity index (χ1v) is 7.93. The molecular weight excluding hydrogens is 272 g/mol. The van der Waals surface area contributed by atoms with Crippen molar-refractivity contribution >= 4 is 16.5 Å². The molecule has 1 unspecified atom stereocenters. The Morgan fingerprint density at radius 1 is 1.45 bits per heavy atom. The normalized spacial score (nSPS) is 22.2. The Balaban J connectivity index is 1.52. The van der Waals surface area contributed by atoms with Crippen molar-refractivity contribution in [2.75, 3.05) is 24.6 Å². The third-order valence-electron chi connectivity index (χ3n) is 4.02. The predicted octanol–water partition coefficient (Wildman–Crippen LogP) is 2.17. The Hall–Kier alpha value is -1.40. The maximum Gasteiger partial charge on any atom is 0.185 e. The van der Waals surface area contributed by atoms with E-state index in [-0.39, 0.29) is 0 Å². The molecule has 1 atom stereocenters. The number of anilines is 1. The van der Waals surface area contributed by atoms with Crippen LogP contribution in [0.3, 0.4) is 0 Å². The van der Waals surface area contributed by atoms with Gasteiger partial charge in [0.2, 0.25) is 0 Å². The quantitative estimate of drug-likeness (QED) is 0.850. The average molecular weight is 290 g/mol. The monoisotopic (exact) mass is 290 g/mol. The van der Waals surface area contributed by atoms with Gasteiger partial charge in [-0.2, -0.15) is 5.10 Å². The van der Waals surface area contributed by atoms with E-state index in [0.29, 0.717) is 6.04 Å². The second kappa shape index (κ2) is 4.86. The van der Waals surface area contributed by atoms with E-state index in [4.69, 9.17) is 9.72 Å². The van der Waals surface area contributed by atoms with Crippen molar-refractivity contribution in [3.63, 3.8) is 0 Å². The van der Waals surface area contributed by atoms with Crippen LogP contribution in [-0.4, -0.2) is 34.5 Å². The van der Waals surface area contributed by atoms with Crippen LogP contribution >= 0.6 is 11.3 Å². The van der Waals surface area contributed by atoms with E-state index in [0.717, 1.165) is 44.3 Å². The zero-order valence-electron chi connectivity index (χ0n) is 11.6. The first-order chi connectivity index (χ1) is 9.79. The minimum Gasteiger partial charge on any atom is -0.375 e. The van der Waals surface area contributed by atoms with Gasteiger partial charge in [-0.1, -0.05) is 11.3 Å². The van der Waals surface area contributed by atoms with E-state index >= 15 is 0 Å². The molecule has 6 heteroatoms. The Morgan fingerprint density at radius 3 is 3.20 bits per heavy atom. The standard InChI is InChI=1S/C14H18N4OS/c1-10-6-15-18(7-10)11-2-4-17(8-11)14-16-12-3-5-19-9-13(12)20-14/h6-7,11H,2-5,8-9H2,1H3. The van der Waals surface area contributed by atoms with Gasteiger partial charge in [0.05, 0.1) is 36.0 Å². The molecule has 4 heterocycles. The molecule has 0 saturated carbocycles. The van der Waals surface area contributed by atoms with Gasteiger partial charge in [0.15, 0.2) is 5.13 Å². The van der Waals surface area contributed by atoms with Gasteiger partial charge in [0, 0.05) is 25.7 Å². The number of aryl methyl sites for hydroxylation is 1. The highest BCUT2D eigenvalue weighted by atomic mass is 32.1. The number of ether oxygens (including phenoxy) is 1. The zero-order valence-corrected chi connectivity index (χ0v) is 12.4. The van der Waals surface area contributed by atoms with Crippen molar-refractivity contribution in [3.8, 4) is 0 Å². The fourth-order valence-electron chi connectivity index (χ4n) is 2.91. The molecule has 2 aliphatic rings. The van der Waals surface area contributed by atoms with E-state index in [2.05, 4.69) is 27.8 Å². The van der Waals surface area contributed by atoms with Crippen molar-refractivity contribution in [1.29, 1.82) is 0 Å². The van der Waals surface area contributed by atoms with Crippen LogP contribution in [0.4, 0.5) is 5.13 Å². The van der Waals surface area contributed by atoms with Crippen molar-refractivity contribution < 1.29 is 4.74 Å². The average Bonchev–Trinajstić information content (AvgIpc) is 3.16. The first-order valence-electron chi connectivity index (χ1n) is 7.11. The summed E-state index contributed by atoms with van der Waals surface area (Å²) in [6.07, 6.45) is 6.17. The Kier molecular flexibility index (Phi) is 3.00. The molecule has 0 radical (unpaired) electrons. The van der Waals surface area contributed by atoms with Gasteiger partial charge < -0.3 is 9.64 Å². The largest absolute Gasteiger partial charge is 0.375 e. The summed E-state index contributed by atoms with van der Waals surface area (Å²) >= 11 is 1.80. The number of hydrogen-bond acceptors (Lipinski definition) is 5. The second-order valence-electron chi connectivity index (χ2n) is 5.56. The molecule has 20 heavy (non-hydrogen) atoms. The van der Waals surface area contributed by atoms with Crippen molar-refractivity contribution in [3.05, 3.63) is 28.5 Å². The highest BCUT2D eigenvalue weighted by Gasteiger charge is 2.27. The Labute approximate surface area is 122 Å². The third kappa shape index (κ3) is 2.13. The lowest BCUT2D eigenvalue weighted by atomic mass is 10.2. The highest BCUT2D eigenvalue weighted by Crippen LogP contribution is 2.33. The first kappa shape index (κ1) is 12.3. The number of hydrogen-bond donors (Lipinski definition) is 0. The Morgan fingerprint density at radius 2 is 2.40 bits per heavy atom. The highest BCUT2D eigenvalue weighted by molar-refractivity contribution is 7.15. The summed E-state index contributed by atoms with van der Waals surface area (Å²) in [7, 11) is 0. The molecule has 0 bridgehead atoms. The number of nitrogens with zero attached hydrogens (tertiary/aromatic N) is 4. The lowest BCUT2D eigenvalue weighted by molar-refractivity contribution is 0.112. The van der Waals surface area contributed by atoms with E-state index in [1.807, 2.05) is 6.20 Å². The molecule has 106 valence electrons. The molecule has 0 aromatic carbocycles. The van der Waals surface area contributed by atoms with E-state index in [9.17, 15) is 0 Å². The lowest BCUT2D eigenvalue weighted by Crippen LogP contribution is -2.21. The molecule has 2 aliphatic heterocycles. The molecule has 2 aromatic rings. The van der Waals surface area contributed by atoms with Crippen LogP contribution in [0, 0.1) is 6.92 Å². The number of rotatable bonds is 2. The zero-order chi connectivity index (χ0) is 13.5. The molecule has 5 nitrogen and oxygen atoms in total. The summed E-state index contributed by atoms with van der Waals surface area (Å²) < 4.78 is 7.61. The number of thiazole rings is 1. The van der Waals surface area contributed by atoms with Crippen LogP contribution in [0.2, 0.25) is 0 Å². The maximum atomic E-state index is 5.50. The molecule has 0 aliphatic carbocycles. The fraction of sp³-hybridized carbons (Fsp3) is 0.571. The smallest absolute Gasteiger partial charge is 0.185 e. The fourth-order valence-corrected chi connectivity index (χ4v) is 3.99. The summed E-state index contributed by atoms with van der Waals surface area (Å²) in [5, 5.41) is 5.60. The van der Waals surface area contributed by atoms with Crippen molar-refractivity contribution in [2.45, 2.75) is 32.4 Å². The van der Waals surface area contributed by atoms with Crippen molar-refractivity contribution in [1.82, 2.24) is 14.8 Å². The van der Waals surface area contributed by atoms with Crippen molar-refractivity contribution in [2.24, 2.45) is 0 Å². The van der Waals surface area contributed by atoms with Gasteiger partial charge in [-0.3, -0.25) is 4.68 Å². The molecule has 2 aromatic heterocycles.